The fraction of sp³-hybridized carbons (Fsp3) is 0.550. The van der Waals surface area contributed by atoms with Crippen molar-refractivity contribution in [3.05, 3.63) is 47.0 Å². The van der Waals surface area contributed by atoms with Crippen LogP contribution in [-0.4, -0.2) is 34.3 Å². The SMILES string of the molecule is CN=C(NCc1nnc2n1CCC2)NCC1(c2cccc(C(F)(F)F)c2)CCC1. The van der Waals surface area contributed by atoms with Crippen LogP contribution < -0.4 is 10.6 Å². The summed E-state index contributed by atoms with van der Waals surface area (Å²) in [7, 11) is 1.68. The van der Waals surface area contributed by atoms with Gasteiger partial charge in [-0.25, -0.2) is 0 Å². The Balaban J connectivity index is 1.40. The van der Waals surface area contributed by atoms with E-state index in [9.17, 15) is 13.2 Å². The van der Waals surface area contributed by atoms with Gasteiger partial charge in [-0.1, -0.05) is 24.6 Å². The molecule has 2 aliphatic rings. The Bertz CT molecular complexity index is 898. The van der Waals surface area contributed by atoms with Gasteiger partial charge in [0.2, 0.25) is 0 Å². The van der Waals surface area contributed by atoms with Crippen LogP contribution in [0.2, 0.25) is 0 Å². The zero-order chi connectivity index (χ0) is 20.5. The number of benzene rings is 1. The summed E-state index contributed by atoms with van der Waals surface area (Å²) < 4.78 is 41.5. The van der Waals surface area contributed by atoms with Crippen LogP contribution in [0.15, 0.2) is 29.3 Å². The minimum atomic E-state index is -4.33. The number of hydrogen-bond acceptors (Lipinski definition) is 3. The molecule has 0 spiro atoms. The Labute approximate surface area is 167 Å². The lowest BCUT2D eigenvalue weighted by atomic mass is 9.64. The van der Waals surface area contributed by atoms with Gasteiger partial charge in [-0.3, -0.25) is 4.99 Å². The van der Waals surface area contributed by atoms with E-state index in [2.05, 4.69) is 30.4 Å². The normalized spacial score (nSPS) is 18.3. The Morgan fingerprint density at radius 1 is 1.21 bits per heavy atom. The molecule has 0 radical (unpaired) electrons. The van der Waals surface area contributed by atoms with Crippen molar-refractivity contribution in [2.24, 2.45) is 4.99 Å². The number of guanidine groups is 1. The monoisotopic (exact) mass is 406 g/mol. The molecule has 9 heteroatoms. The van der Waals surface area contributed by atoms with Gasteiger partial charge in [-0.2, -0.15) is 13.2 Å². The molecule has 0 bridgehead atoms. The smallest absolute Gasteiger partial charge is 0.356 e. The molecular formula is C20H25F3N6. The number of aliphatic imine (C=N–C) groups is 1. The van der Waals surface area contributed by atoms with Crippen molar-refractivity contribution >= 4 is 5.96 Å². The van der Waals surface area contributed by atoms with Gasteiger partial charge in [-0.05, 0) is 30.9 Å². The first-order chi connectivity index (χ1) is 13.9. The maximum atomic E-state index is 13.1. The first-order valence-corrected chi connectivity index (χ1v) is 9.94. The third kappa shape index (κ3) is 3.95. The van der Waals surface area contributed by atoms with Crippen molar-refractivity contribution in [3.63, 3.8) is 0 Å². The van der Waals surface area contributed by atoms with Gasteiger partial charge in [0.05, 0.1) is 12.1 Å². The summed E-state index contributed by atoms with van der Waals surface area (Å²) in [5.41, 5.74) is -0.157. The van der Waals surface area contributed by atoms with Crippen molar-refractivity contribution < 1.29 is 13.2 Å². The fourth-order valence-electron chi connectivity index (χ4n) is 4.17. The highest BCUT2D eigenvalue weighted by molar-refractivity contribution is 5.79. The first-order valence-electron chi connectivity index (χ1n) is 9.94. The minimum absolute atomic E-state index is 0.297. The summed E-state index contributed by atoms with van der Waals surface area (Å²) >= 11 is 0. The van der Waals surface area contributed by atoms with Crippen molar-refractivity contribution in [3.8, 4) is 0 Å². The van der Waals surface area contributed by atoms with E-state index in [0.717, 1.165) is 61.9 Å². The van der Waals surface area contributed by atoms with Crippen molar-refractivity contribution in [1.29, 1.82) is 0 Å². The highest BCUT2D eigenvalue weighted by atomic mass is 19.4. The summed E-state index contributed by atoms with van der Waals surface area (Å²) in [5.74, 6) is 2.50. The molecule has 1 fully saturated rings. The third-order valence-electron chi connectivity index (χ3n) is 6.03. The van der Waals surface area contributed by atoms with Crippen molar-refractivity contribution in [2.75, 3.05) is 13.6 Å². The number of alkyl halides is 3. The van der Waals surface area contributed by atoms with Gasteiger partial charge in [0, 0.05) is 32.0 Å². The molecule has 0 atom stereocenters. The van der Waals surface area contributed by atoms with Gasteiger partial charge in [0.15, 0.2) is 11.8 Å². The van der Waals surface area contributed by atoms with Gasteiger partial charge in [0.1, 0.15) is 5.82 Å². The van der Waals surface area contributed by atoms with E-state index in [0.29, 0.717) is 19.0 Å². The maximum absolute atomic E-state index is 13.1. The van der Waals surface area contributed by atoms with Crippen LogP contribution >= 0.6 is 0 Å². The predicted molar refractivity (Wildman–Crippen MR) is 104 cm³/mol. The summed E-state index contributed by atoms with van der Waals surface area (Å²) in [6.07, 6.45) is 0.441. The maximum Gasteiger partial charge on any atom is 0.416 e. The van der Waals surface area contributed by atoms with E-state index >= 15 is 0 Å². The topological polar surface area (TPSA) is 67.1 Å². The fourth-order valence-corrected chi connectivity index (χ4v) is 4.17. The number of aromatic nitrogens is 3. The molecule has 29 heavy (non-hydrogen) atoms. The molecular weight excluding hydrogens is 381 g/mol. The van der Waals surface area contributed by atoms with Crippen LogP contribution in [0.5, 0.6) is 0 Å². The number of halogens is 3. The van der Waals surface area contributed by atoms with Crippen molar-refractivity contribution in [2.45, 2.75) is 56.8 Å². The van der Waals surface area contributed by atoms with Gasteiger partial charge < -0.3 is 15.2 Å². The van der Waals surface area contributed by atoms with E-state index < -0.39 is 11.7 Å². The minimum Gasteiger partial charge on any atom is -0.356 e. The van der Waals surface area contributed by atoms with Crippen LogP contribution in [0.3, 0.4) is 0 Å². The summed E-state index contributed by atoms with van der Waals surface area (Å²) in [6, 6.07) is 5.71. The lowest BCUT2D eigenvalue weighted by Gasteiger charge is -2.43. The number of rotatable bonds is 5. The van der Waals surface area contributed by atoms with Gasteiger partial charge in [-0.15, -0.1) is 10.2 Å². The predicted octanol–water partition coefficient (Wildman–Crippen LogP) is 3.03. The molecule has 2 N–H and O–H groups in total. The average Bonchev–Trinajstić information content (AvgIpc) is 3.27. The average molecular weight is 406 g/mol. The molecule has 0 amide bonds. The molecule has 4 rings (SSSR count). The van der Waals surface area contributed by atoms with Crippen molar-refractivity contribution in [1.82, 2.24) is 25.4 Å². The van der Waals surface area contributed by atoms with E-state index in [1.807, 2.05) is 0 Å². The highest BCUT2D eigenvalue weighted by Crippen LogP contribution is 2.44. The number of nitrogens with one attached hydrogen (secondary N) is 2. The molecule has 0 saturated heterocycles. The molecule has 1 saturated carbocycles. The van der Waals surface area contributed by atoms with Crippen LogP contribution in [0.25, 0.3) is 0 Å². The third-order valence-corrected chi connectivity index (χ3v) is 6.03. The quantitative estimate of drug-likeness (QED) is 0.592. The zero-order valence-corrected chi connectivity index (χ0v) is 16.4. The largest absolute Gasteiger partial charge is 0.416 e. The number of fused-ring (bicyclic) bond motifs is 1. The van der Waals surface area contributed by atoms with Gasteiger partial charge in [0.25, 0.3) is 0 Å². The van der Waals surface area contributed by atoms with Crippen LogP contribution in [0, 0.1) is 0 Å². The van der Waals surface area contributed by atoms with Crippen LogP contribution in [0.4, 0.5) is 13.2 Å². The summed E-state index contributed by atoms with van der Waals surface area (Å²) in [6.45, 7) is 1.97. The number of hydrogen-bond donors (Lipinski definition) is 2. The molecule has 2 heterocycles. The molecule has 1 aliphatic carbocycles. The first kappa shape index (κ1) is 19.7. The Morgan fingerprint density at radius 3 is 2.72 bits per heavy atom. The van der Waals surface area contributed by atoms with Crippen LogP contribution in [0.1, 0.15) is 48.5 Å². The van der Waals surface area contributed by atoms with E-state index in [-0.39, 0.29) is 5.41 Å². The molecule has 2 aromatic rings. The van der Waals surface area contributed by atoms with E-state index in [1.165, 1.54) is 12.1 Å². The molecule has 1 aliphatic heterocycles. The van der Waals surface area contributed by atoms with E-state index in [4.69, 9.17) is 0 Å². The molecule has 0 unspecified atom stereocenters. The second kappa shape index (κ2) is 7.68. The highest BCUT2D eigenvalue weighted by Gasteiger charge is 2.40. The number of aryl methyl sites for hydroxylation is 1. The van der Waals surface area contributed by atoms with Gasteiger partial charge >= 0.3 is 6.18 Å². The Hall–Kier alpha value is -2.58. The zero-order valence-electron chi connectivity index (χ0n) is 16.4. The molecule has 1 aromatic carbocycles. The lowest BCUT2D eigenvalue weighted by molar-refractivity contribution is -0.137. The lowest BCUT2D eigenvalue weighted by Crippen LogP contribution is -2.49. The Kier molecular flexibility index (Phi) is 5.23. The Morgan fingerprint density at radius 2 is 2.03 bits per heavy atom. The molecule has 6 nitrogen and oxygen atoms in total. The molecule has 156 valence electrons. The second-order valence-corrected chi connectivity index (χ2v) is 7.78. The van der Waals surface area contributed by atoms with Crippen LogP contribution in [-0.2, 0) is 31.1 Å². The standard InChI is InChI=1S/C20H25F3N6/c1-24-18(25-12-17-28-27-16-7-3-10-29(16)17)26-13-19(8-4-9-19)14-5-2-6-15(11-14)20(21,22)23/h2,5-6,11H,3-4,7-10,12-13H2,1H3,(H2,24,25,26). The summed E-state index contributed by atoms with van der Waals surface area (Å²) in [5, 5.41) is 15.0. The molecule has 1 aromatic heterocycles. The number of nitrogens with zero attached hydrogens (tertiary/aromatic N) is 4. The van der Waals surface area contributed by atoms with E-state index in [1.54, 1.807) is 13.1 Å². The summed E-state index contributed by atoms with van der Waals surface area (Å²) in [4.78, 5) is 4.25. The second-order valence-electron chi connectivity index (χ2n) is 7.78.